The fourth-order valence-corrected chi connectivity index (χ4v) is 0.812. The Hall–Kier alpha value is -0.530. The van der Waals surface area contributed by atoms with Crippen LogP contribution < -0.4 is 0 Å². The quantitative estimate of drug-likeness (QED) is 0.612. The molecule has 0 saturated heterocycles. The molecule has 0 aliphatic rings. The molecule has 0 radical (unpaired) electrons. The summed E-state index contributed by atoms with van der Waals surface area (Å²) in [5, 5.41) is 0. The molecule has 2 nitrogen and oxygen atoms in total. The molecule has 1 atom stereocenters. The third kappa shape index (κ3) is 6.20. The van der Waals surface area contributed by atoms with Crippen molar-refractivity contribution in [3.05, 3.63) is 0 Å². The standard InChI is InChI=1S/C10H20O2/c1-6-8(2)7-9(11)12-10(3,4)5/h8H,6-7H2,1-5H3. The summed E-state index contributed by atoms with van der Waals surface area (Å²) in [5.41, 5.74) is -0.343. The number of rotatable bonds is 3. The summed E-state index contributed by atoms with van der Waals surface area (Å²) < 4.78 is 5.17. The van der Waals surface area contributed by atoms with E-state index in [-0.39, 0.29) is 11.6 Å². The lowest BCUT2D eigenvalue weighted by Crippen LogP contribution is -2.24. The molecule has 0 spiro atoms. The Kier molecular flexibility index (Phi) is 4.29. The van der Waals surface area contributed by atoms with Crippen LogP contribution in [0.4, 0.5) is 0 Å². The van der Waals surface area contributed by atoms with Crippen LogP contribution in [-0.2, 0) is 9.53 Å². The minimum absolute atomic E-state index is 0.0862. The monoisotopic (exact) mass is 172 g/mol. The van der Waals surface area contributed by atoms with Crippen LogP contribution in [-0.4, -0.2) is 11.6 Å². The molecule has 1 unspecified atom stereocenters. The smallest absolute Gasteiger partial charge is 0.306 e. The van der Waals surface area contributed by atoms with Crippen LogP contribution >= 0.6 is 0 Å². The van der Waals surface area contributed by atoms with E-state index in [1.807, 2.05) is 20.8 Å². The first-order chi connectivity index (χ1) is 5.35. The van der Waals surface area contributed by atoms with Crippen LogP contribution in [0.5, 0.6) is 0 Å². The van der Waals surface area contributed by atoms with Crippen LogP contribution in [0.3, 0.4) is 0 Å². The summed E-state index contributed by atoms with van der Waals surface area (Å²) in [6.07, 6.45) is 1.56. The second-order valence-corrected chi connectivity index (χ2v) is 4.30. The van der Waals surface area contributed by atoms with Crippen molar-refractivity contribution >= 4 is 5.97 Å². The van der Waals surface area contributed by atoms with Crippen molar-refractivity contribution in [2.45, 2.75) is 53.1 Å². The Balaban J connectivity index is 3.75. The summed E-state index contributed by atoms with van der Waals surface area (Å²) in [5.74, 6) is 0.344. The minimum atomic E-state index is -0.343. The van der Waals surface area contributed by atoms with Gasteiger partial charge in [0.2, 0.25) is 0 Å². The van der Waals surface area contributed by atoms with Crippen molar-refractivity contribution in [2.75, 3.05) is 0 Å². The van der Waals surface area contributed by atoms with Crippen LogP contribution in [0.1, 0.15) is 47.5 Å². The zero-order valence-electron chi connectivity index (χ0n) is 8.81. The summed E-state index contributed by atoms with van der Waals surface area (Å²) in [7, 11) is 0. The highest BCUT2D eigenvalue weighted by atomic mass is 16.6. The van der Waals surface area contributed by atoms with Crippen molar-refractivity contribution in [1.29, 1.82) is 0 Å². The van der Waals surface area contributed by atoms with E-state index in [1.165, 1.54) is 0 Å². The Morgan fingerprint density at radius 3 is 2.25 bits per heavy atom. The Labute approximate surface area is 75.3 Å². The fourth-order valence-electron chi connectivity index (χ4n) is 0.812. The van der Waals surface area contributed by atoms with Crippen molar-refractivity contribution < 1.29 is 9.53 Å². The van der Waals surface area contributed by atoms with Gasteiger partial charge in [0.05, 0.1) is 0 Å². The van der Waals surface area contributed by atoms with E-state index in [4.69, 9.17) is 4.74 Å². The van der Waals surface area contributed by atoms with Gasteiger partial charge in [-0.1, -0.05) is 20.3 Å². The predicted octanol–water partition coefficient (Wildman–Crippen LogP) is 2.76. The van der Waals surface area contributed by atoms with E-state index in [1.54, 1.807) is 0 Å². The van der Waals surface area contributed by atoms with Crippen LogP contribution in [0, 0.1) is 5.92 Å². The zero-order valence-corrected chi connectivity index (χ0v) is 8.81. The second-order valence-electron chi connectivity index (χ2n) is 4.30. The lowest BCUT2D eigenvalue weighted by molar-refractivity contribution is -0.155. The summed E-state index contributed by atoms with van der Waals surface area (Å²) in [6, 6.07) is 0. The minimum Gasteiger partial charge on any atom is -0.460 e. The zero-order chi connectivity index (χ0) is 9.78. The molecule has 0 rings (SSSR count). The molecule has 0 fully saturated rings. The van der Waals surface area contributed by atoms with E-state index in [9.17, 15) is 4.79 Å². The number of esters is 1. The first kappa shape index (κ1) is 11.5. The fraction of sp³-hybridized carbons (Fsp3) is 0.900. The average Bonchev–Trinajstić information content (AvgIpc) is 1.82. The van der Waals surface area contributed by atoms with Crippen molar-refractivity contribution in [3.8, 4) is 0 Å². The average molecular weight is 172 g/mol. The normalized spacial score (nSPS) is 14.1. The third-order valence-corrected chi connectivity index (χ3v) is 1.63. The van der Waals surface area contributed by atoms with Gasteiger partial charge in [0.25, 0.3) is 0 Å². The predicted molar refractivity (Wildman–Crippen MR) is 49.9 cm³/mol. The van der Waals surface area contributed by atoms with Crippen molar-refractivity contribution in [3.63, 3.8) is 0 Å². The number of carbonyl (C=O) groups is 1. The lowest BCUT2D eigenvalue weighted by atomic mass is 10.1. The molecule has 0 aromatic rings. The Morgan fingerprint density at radius 2 is 1.92 bits per heavy atom. The number of ether oxygens (including phenoxy) is 1. The molecule has 0 N–H and O–H groups in total. The van der Waals surface area contributed by atoms with Crippen LogP contribution in [0.15, 0.2) is 0 Å². The lowest BCUT2D eigenvalue weighted by Gasteiger charge is -2.20. The molecule has 12 heavy (non-hydrogen) atoms. The maximum Gasteiger partial charge on any atom is 0.306 e. The molecule has 0 amide bonds. The van der Waals surface area contributed by atoms with Gasteiger partial charge in [-0.25, -0.2) is 0 Å². The van der Waals surface area contributed by atoms with E-state index in [0.29, 0.717) is 12.3 Å². The highest BCUT2D eigenvalue weighted by Crippen LogP contribution is 2.13. The van der Waals surface area contributed by atoms with Crippen molar-refractivity contribution in [2.24, 2.45) is 5.92 Å². The molecule has 72 valence electrons. The maximum atomic E-state index is 11.2. The van der Waals surface area contributed by atoms with Gasteiger partial charge in [0.1, 0.15) is 5.60 Å². The SMILES string of the molecule is CCC(C)CC(=O)OC(C)(C)C. The van der Waals surface area contributed by atoms with Crippen molar-refractivity contribution in [1.82, 2.24) is 0 Å². The van der Waals surface area contributed by atoms with Crippen LogP contribution in [0.2, 0.25) is 0 Å². The molecule has 0 aliphatic heterocycles. The van der Waals surface area contributed by atoms with Gasteiger partial charge < -0.3 is 4.74 Å². The van der Waals surface area contributed by atoms with Gasteiger partial charge in [-0.05, 0) is 26.7 Å². The first-order valence-corrected chi connectivity index (χ1v) is 4.57. The van der Waals surface area contributed by atoms with Crippen LogP contribution in [0.25, 0.3) is 0 Å². The second kappa shape index (κ2) is 4.48. The van der Waals surface area contributed by atoms with Gasteiger partial charge in [-0.2, -0.15) is 0 Å². The van der Waals surface area contributed by atoms with E-state index >= 15 is 0 Å². The Morgan fingerprint density at radius 1 is 1.42 bits per heavy atom. The first-order valence-electron chi connectivity index (χ1n) is 4.57. The number of hydrogen-bond donors (Lipinski definition) is 0. The summed E-state index contributed by atoms with van der Waals surface area (Å²) in [6.45, 7) is 9.81. The van der Waals surface area contributed by atoms with Gasteiger partial charge >= 0.3 is 5.97 Å². The van der Waals surface area contributed by atoms with Gasteiger partial charge in [-0.3, -0.25) is 4.79 Å². The third-order valence-electron chi connectivity index (χ3n) is 1.63. The molecule has 2 heteroatoms. The van der Waals surface area contributed by atoms with Gasteiger partial charge in [0.15, 0.2) is 0 Å². The highest BCUT2D eigenvalue weighted by Gasteiger charge is 2.17. The van der Waals surface area contributed by atoms with E-state index < -0.39 is 0 Å². The number of hydrogen-bond acceptors (Lipinski definition) is 2. The van der Waals surface area contributed by atoms with E-state index in [2.05, 4.69) is 13.8 Å². The summed E-state index contributed by atoms with van der Waals surface area (Å²) >= 11 is 0. The molecule has 0 aromatic carbocycles. The molecular weight excluding hydrogens is 152 g/mol. The number of carbonyl (C=O) groups excluding carboxylic acids is 1. The van der Waals surface area contributed by atoms with Gasteiger partial charge in [-0.15, -0.1) is 0 Å². The highest BCUT2D eigenvalue weighted by molar-refractivity contribution is 5.70. The topological polar surface area (TPSA) is 26.3 Å². The molecule has 0 aromatic heterocycles. The Bertz CT molecular complexity index is 144. The van der Waals surface area contributed by atoms with E-state index in [0.717, 1.165) is 6.42 Å². The molecule has 0 heterocycles. The molecule has 0 aliphatic carbocycles. The molecular formula is C10H20O2. The van der Waals surface area contributed by atoms with Gasteiger partial charge in [0, 0.05) is 6.42 Å². The largest absolute Gasteiger partial charge is 0.460 e. The molecule has 0 bridgehead atoms. The maximum absolute atomic E-state index is 11.2. The summed E-state index contributed by atoms with van der Waals surface area (Å²) in [4.78, 5) is 11.2. The molecule has 0 saturated carbocycles.